The van der Waals surface area contributed by atoms with Crippen LogP contribution in [0, 0.1) is 24.0 Å². The first-order valence-corrected chi connectivity index (χ1v) is 8.67. The number of hydrogen-bond donors (Lipinski definition) is 0. The lowest BCUT2D eigenvalue weighted by molar-refractivity contribution is -0.384. The number of nitrogens with zero attached hydrogens (tertiary/aromatic N) is 2. The summed E-state index contributed by atoms with van der Waals surface area (Å²) in [5.74, 6) is 0. The number of rotatable bonds is 6. The lowest BCUT2D eigenvalue weighted by Gasteiger charge is -2.26. The summed E-state index contributed by atoms with van der Waals surface area (Å²) in [4.78, 5) is 10.2. The molecule has 2 aromatic rings. The van der Waals surface area contributed by atoms with Crippen LogP contribution in [0.15, 0.2) is 60.0 Å². The van der Waals surface area contributed by atoms with E-state index in [0.29, 0.717) is 5.69 Å². The summed E-state index contributed by atoms with van der Waals surface area (Å²) in [6.45, 7) is 7.41. The molecule has 2 rings (SSSR count). The van der Waals surface area contributed by atoms with E-state index in [1.54, 1.807) is 0 Å². The van der Waals surface area contributed by atoms with Gasteiger partial charge in [-0.05, 0) is 37.1 Å². The molecular formula is C17H18N2O4S. The zero-order chi connectivity index (χ0) is 17.9. The third-order valence-corrected chi connectivity index (χ3v) is 5.40. The first-order chi connectivity index (χ1) is 11.3. The second kappa shape index (κ2) is 6.84. The van der Waals surface area contributed by atoms with Crippen LogP contribution in [0.1, 0.15) is 11.1 Å². The fraction of sp³-hybridized carbons (Fsp3) is 0.176. The average molecular weight is 346 g/mol. The highest BCUT2D eigenvalue weighted by Crippen LogP contribution is 2.30. The minimum Gasteiger partial charge on any atom is -0.262 e. The Balaban J connectivity index is 2.57. The Hall–Kier alpha value is -2.67. The van der Waals surface area contributed by atoms with E-state index in [2.05, 4.69) is 6.58 Å². The summed E-state index contributed by atoms with van der Waals surface area (Å²) in [5, 5.41) is 10.7. The molecule has 0 radical (unpaired) electrons. The molecular weight excluding hydrogens is 328 g/mol. The molecule has 0 saturated heterocycles. The minimum absolute atomic E-state index is 0.00222. The third-order valence-electron chi connectivity index (χ3n) is 3.62. The van der Waals surface area contributed by atoms with Gasteiger partial charge in [0.1, 0.15) is 0 Å². The van der Waals surface area contributed by atoms with Crippen molar-refractivity contribution in [3.8, 4) is 0 Å². The molecule has 0 amide bonds. The zero-order valence-electron chi connectivity index (χ0n) is 13.5. The van der Waals surface area contributed by atoms with Gasteiger partial charge in [-0.1, -0.05) is 24.3 Å². The maximum Gasteiger partial charge on any atom is 0.269 e. The van der Waals surface area contributed by atoms with Crippen LogP contribution in [0.4, 0.5) is 11.4 Å². The summed E-state index contributed by atoms with van der Waals surface area (Å²) >= 11 is 0. The average Bonchev–Trinajstić information content (AvgIpc) is 2.53. The monoisotopic (exact) mass is 346 g/mol. The second-order valence-electron chi connectivity index (χ2n) is 5.32. The number of benzene rings is 2. The Kier molecular flexibility index (Phi) is 5.04. The van der Waals surface area contributed by atoms with Crippen molar-refractivity contribution in [2.75, 3.05) is 10.8 Å². The molecule has 0 N–H and O–H groups in total. The highest BCUT2D eigenvalue weighted by atomic mass is 32.2. The molecule has 7 heteroatoms. The van der Waals surface area contributed by atoms with Crippen molar-refractivity contribution >= 4 is 21.4 Å². The van der Waals surface area contributed by atoms with E-state index < -0.39 is 14.9 Å². The van der Waals surface area contributed by atoms with Crippen LogP contribution in [0.25, 0.3) is 0 Å². The van der Waals surface area contributed by atoms with E-state index in [0.717, 1.165) is 11.1 Å². The fourth-order valence-corrected chi connectivity index (χ4v) is 4.06. The van der Waals surface area contributed by atoms with Crippen molar-refractivity contribution in [1.82, 2.24) is 0 Å². The van der Waals surface area contributed by atoms with E-state index in [-0.39, 0.29) is 17.1 Å². The van der Waals surface area contributed by atoms with Crippen molar-refractivity contribution in [2.45, 2.75) is 18.7 Å². The Morgan fingerprint density at radius 3 is 2.12 bits per heavy atom. The maximum absolute atomic E-state index is 13.0. The number of non-ortho nitro benzene ring substituents is 1. The molecule has 0 aromatic heterocycles. The molecule has 0 spiro atoms. The molecule has 0 fully saturated rings. The van der Waals surface area contributed by atoms with E-state index in [9.17, 15) is 18.5 Å². The highest BCUT2D eigenvalue weighted by Gasteiger charge is 2.26. The van der Waals surface area contributed by atoms with E-state index >= 15 is 0 Å². The molecule has 6 nitrogen and oxygen atoms in total. The van der Waals surface area contributed by atoms with Gasteiger partial charge in [0.15, 0.2) is 0 Å². The lowest BCUT2D eigenvalue weighted by atomic mass is 10.1. The number of aryl methyl sites for hydroxylation is 2. The second-order valence-corrected chi connectivity index (χ2v) is 7.18. The van der Waals surface area contributed by atoms with Gasteiger partial charge >= 0.3 is 0 Å². The van der Waals surface area contributed by atoms with Crippen LogP contribution in [0.3, 0.4) is 0 Å². The first-order valence-electron chi connectivity index (χ1n) is 7.23. The number of para-hydroxylation sites is 1. The van der Waals surface area contributed by atoms with Crippen LogP contribution in [-0.4, -0.2) is 19.9 Å². The summed E-state index contributed by atoms with van der Waals surface area (Å²) in [6.07, 6.45) is 1.51. The minimum atomic E-state index is -3.86. The standard InChI is InChI=1S/C17H18N2O4S/c1-4-12-18(17-13(2)6-5-7-14(17)3)24(22,23)16-10-8-15(9-11-16)19(20)21/h4-11H,1,12H2,2-3H3. The maximum atomic E-state index is 13.0. The Morgan fingerprint density at radius 1 is 1.12 bits per heavy atom. The van der Waals surface area contributed by atoms with Crippen molar-refractivity contribution in [1.29, 1.82) is 0 Å². The van der Waals surface area contributed by atoms with E-state index in [1.165, 1.54) is 34.6 Å². The Morgan fingerprint density at radius 2 is 1.67 bits per heavy atom. The highest BCUT2D eigenvalue weighted by molar-refractivity contribution is 7.92. The molecule has 0 aliphatic heterocycles. The Labute approximate surface area is 141 Å². The molecule has 0 unspecified atom stereocenters. The summed E-state index contributed by atoms with van der Waals surface area (Å²) < 4.78 is 27.3. The van der Waals surface area contributed by atoms with Gasteiger partial charge in [-0.15, -0.1) is 6.58 Å². The molecule has 2 aromatic carbocycles. The molecule has 0 atom stereocenters. The van der Waals surface area contributed by atoms with Crippen molar-refractivity contribution in [3.05, 3.63) is 76.4 Å². The number of hydrogen-bond acceptors (Lipinski definition) is 4. The van der Waals surface area contributed by atoms with Crippen LogP contribution in [0.5, 0.6) is 0 Å². The van der Waals surface area contributed by atoms with Crippen LogP contribution < -0.4 is 4.31 Å². The zero-order valence-corrected chi connectivity index (χ0v) is 14.3. The van der Waals surface area contributed by atoms with E-state index in [4.69, 9.17) is 0 Å². The number of nitro benzene ring substituents is 1. The van der Waals surface area contributed by atoms with Gasteiger partial charge in [-0.25, -0.2) is 8.42 Å². The van der Waals surface area contributed by atoms with Gasteiger partial charge < -0.3 is 0 Å². The predicted molar refractivity (Wildman–Crippen MR) is 93.7 cm³/mol. The van der Waals surface area contributed by atoms with Crippen LogP contribution >= 0.6 is 0 Å². The molecule has 24 heavy (non-hydrogen) atoms. The molecule has 0 bridgehead atoms. The molecule has 126 valence electrons. The van der Waals surface area contributed by atoms with Gasteiger partial charge in [0, 0.05) is 12.1 Å². The molecule has 0 aliphatic rings. The smallest absolute Gasteiger partial charge is 0.262 e. The molecule has 0 heterocycles. The van der Waals surface area contributed by atoms with E-state index in [1.807, 2.05) is 32.0 Å². The lowest BCUT2D eigenvalue weighted by Crippen LogP contribution is -2.32. The number of anilines is 1. The summed E-state index contributed by atoms with van der Waals surface area (Å²) in [6, 6.07) is 10.4. The van der Waals surface area contributed by atoms with Crippen molar-refractivity contribution in [2.24, 2.45) is 0 Å². The van der Waals surface area contributed by atoms with Crippen LogP contribution in [0.2, 0.25) is 0 Å². The van der Waals surface area contributed by atoms with Gasteiger partial charge in [-0.3, -0.25) is 14.4 Å². The normalized spacial score (nSPS) is 11.1. The quantitative estimate of drug-likeness (QED) is 0.455. The van der Waals surface area contributed by atoms with Gasteiger partial charge in [-0.2, -0.15) is 0 Å². The first kappa shape index (κ1) is 17.7. The van der Waals surface area contributed by atoms with Gasteiger partial charge in [0.05, 0.1) is 22.1 Å². The van der Waals surface area contributed by atoms with Crippen molar-refractivity contribution in [3.63, 3.8) is 0 Å². The predicted octanol–water partition coefficient (Wildman–Crippen LogP) is 3.59. The topological polar surface area (TPSA) is 80.5 Å². The SMILES string of the molecule is C=CCN(c1c(C)cccc1C)S(=O)(=O)c1ccc([N+](=O)[O-])cc1. The van der Waals surface area contributed by atoms with Gasteiger partial charge in [0.2, 0.25) is 0 Å². The van der Waals surface area contributed by atoms with Crippen LogP contribution in [-0.2, 0) is 10.0 Å². The number of sulfonamides is 1. The molecule has 0 saturated carbocycles. The van der Waals surface area contributed by atoms with Gasteiger partial charge in [0.25, 0.3) is 15.7 Å². The number of nitro groups is 1. The fourth-order valence-electron chi connectivity index (χ4n) is 2.49. The third kappa shape index (κ3) is 3.30. The summed E-state index contributed by atoms with van der Waals surface area (Å²) in [7, 11) is -3.86. The van der Waals surface area contributed by atoms with Crippen molar-refractivity contribution < 1.29 is 13.3 Å². The Bertz CT molecular complexity index is 854. The summed E-state index contributed by atoms with van der Waals surface area (Å²) in [5.41, 5.74) is 2.08. The largest absolute Gasteiger partial charge is 0.269 e. The molecule has 0 aliphatic carbocycles.